The fraction of sp³-hybridized carbons (Fsp3) is 0.391. The van der Waals surface area contributed by atoms with Gasteiger partial charge in [0.05, 0.1) is 59.9 Å². The van der Waals surface area contributed by atoms with E-state index in [4.69, 9.17) is 21.1 Å². The number of nitrogens with zero attached hydrogens (tertiary/aromatic N) is 4. The van der Waals surface area contributed by atoms with E-state index in [0.29, 0.717) is 11.1 Å². The lowest BCUT2D eigenvalue weighted by Crippen LogP contribution is -2.40. The van der Waals surface area contributed by atoms with E-state index in [0.717, 1.165) is 35.7 Å². The number of phenolic OH excluding ortho intramolecular Hbond substituents is 3. The second kappa shape index (κ2) is 19.2. The molecule has 2 aliphatic heterocycles. The number of azo groups is 1. The number of aromatic hydroxyl groups is 3. The van der Waals surface area contributed by atoms with Gasteiger partial charge in [0.2, 0.25) is 10.0 Å². The number of nitrogens with one attached hydrogen (secondary N) is 3. The second-order valence-corrected chi connectivity index (χ2v) is 24.1. The van der Waals surface area contributed by atoms with Crippen molar-refractivity contribution in [2.75, 3.05) is 79.3 Å². The topological polar surface area (TPSA) is 249 Å². The third-order valence-corrected chi connectivity index (χ3v) is 16.8. The second-order valence-electron chi connectivity index (χ2n) is 18.5. The number of hydrogen-bond donors (Lipinski definition) is 6. The molecule has 5 aromatic rings. The van der Waals surface area contributed by atoms with Gasteiger partial charge in [-0.1, -0.05) is 58.4 Å². The third kappa shape index (κ3) is 10.6. The molecule has 366 valence electrons. The summed E-state index contributed by atoms with van der Waals surface area (Å²) in [5.41, 5.74) is 1.10. The summed E-state index contributed by atoms with van der Waals surface area (Å²) in [6.45, 7) is 13.8. The average Bonchev–Trinajstić information content (AvgIpc) is 3.27. The van der Waals surface area contributed by atoms with Crippen LogP contribution in [0, 0.1) is 12.3 Å². The molecule has 2 fully saturated rings. The highest BCUT2D eigenvalue weighted by Gasteiger charge is 2.34. The molecule has 0 radical (unpaired) electrons. The third-order valence-electron chi connectivity index (χ3n) is 11.7. The van der Waals surface area contributed by atoms with Gasteiger partial charge in [0.1, 0.15) is 31.9 Å². The standard InChI is InChI=1S/C46H56ClN7O11S3/c1-28-21-34(38(55)23-31(28)46(5,6)27-45(2,3)4)51-67(60,61)41-24-35(39(56)26-37(41)53-13-17-64-18-14-53)52-66(58,59)40-22-29(11-12-32(40)47)49-50-36-25-42(68(62,63)54-15-19-65-20-16-54)44(57)30-9-8-10-33(48-7)43(30)36/h8-12,21-26,48,51-52,55-57H,13-20,27H2,1-7H3. The lowest BCUT2D eigenvalue weighted by atomic mass is 9.71. The molecule has 2 heterocycles. The molecular formula is C46H56ClN7O11S3. The molecule has 5 aromatic carbocycles. The van der Waals surface area contributed by atoms with Crippen LogP contribution in [0.4, 0.5) is 34.1 Å². The number of hydrogen-bond acceptors (Lipinski definition) is 15. The summed E-state index contributed by atoms with van der Waals surface area (Å²) in [5, 5.41) is 45.8. The van der Waals surface area contributed by atoms with Crippen molar-refractivity contribution in [1.29, 1.82) is 0 Å². The summed E-state index contributed by atoms with van der Waals surface area (Å²) >= 11 is 6.48. The Kier molecular flexibility index (Phi) is 14.2. The number of halogens is 1. The molecule has 68 heavy (non-hydrogen) atoms. The zero-order valence-electron chi connectivity index (χ0n) is 38.7. The zero-order valence-corrected chi connectivity index (χ0v) is 41.9. The first-order chi connectivity index (χ1) is 31.8. The highest BCUT2D eigenvalue weighted by atomic mass is 35.5. The summed E-state index contributed by atoms with van der Waals surface area (Å²) in [6.07, 6.45) is 0.778. The molecule has 2 saturated heterocycles. The number of ether oxygens (including phenoxy) is 2. The van der Waals surface area contributed by atoms with Crippen molar-refractivity contribution in [3.05, 3.63) is 82.9 Å². The van der Waals surface area contributed by atoms with E-state index in [1.54, 1.807) is 36.2 Å². The molecular weight excluding hydrogens is 958 g/mol. The lowest BCUT2D eigenvalue weighted by molar-refractivity contribution is 0.0730. The molecule has 7 rings (SSSR count). The number of benzene rings is 5. The minimum Gasteiger partial charge on any atom is -0.506 e. The highest BCUT2D eigenvalue weighted by Crippen LogP contribution is 2.45. The number of rotatable bonds is 14. The van der Waals surface area contributed by atoms with Crippen molar-refractivity contribution in [1.82, 2.24) is 4.31 Å². The van der Waals surface area contributed by atoms with Gasteiger partial charge in [0, 0.05) is 55.8 Å². The van der Waals surface area contributed by atoms with Crippen LogP contribution >= 0.6 is 11.6 Å². The van der Waals surface area contributed by atoms with E-state index >= 15 is 0 Å². The first-order valence-corrected chi connectivity index (χ1v) is 26.5. The smallest absolute Gasteiger partial charge is 0.264 e. The van der Waals surface area contributed by atoms with Crippen molar-refractivity contribution in [3.8, 4) is 17.2 Å². The normalized spacial score (nSPS) is 15.8. The van der Waals surface area contributed by atoms with Gasteiger partial charge in [-0.15, -0.1) is 5.11 Å². The van der Waals surface area contributed by atoms with Crippen LogP contribution < -0.4 is 19.7 Å². The zero-order chi connectivity index (χ0) is 49.6. The summed E-state index contributed by atoms with van der Waals surface area (Å²) in [7, 11) is -12.0. The molecule has 0 atom stereocenters. The minimum atomic E-state index is -4.74. The first-order valence-electron chi connectivity index (χ1n) is 21.7. The Bertz CT molecular complexity index is 3130. The Morgan fingerprint density at radius 1 is 0.706 bits per heavy atom. The monoisotopic (exact) mass is 1010 g/mol. The first kappa shape index (κ1) is 50.5. The van der Waals surface area contributed by atoms with Gasteiger partial charge in [0.25, 0.3) is 20.0 Å². The van der Waals surface area contributed by atoms with Crippen LogP contribution in [-0.4, -0.2) is 105 Å². The number of phenols is 3. The number of sulfonamides is 3. The van der Waals surface area contributed by atoms with E-state index in [1.165, 1.54) is 28.6 Å². The fourth-order valence-electron chi connectivity index (χ4n) is 8.94. The SMILES string of the molecule is CNc1cccc2c(O)c(S(=O)(=O)N3CCOCC3)cc(N=Nc3ccc(Cl)c(S(=O)(=O)Nc4cc(S(=O)(=O)Nc5cc(C)c(C(C)(C)CC(C)(C)C)cc5O)c(N5CCOCC5)cc4O)c3)c12. The van der Waals surface area contributed by atoms with Crippen LogP contribution in [0.25, 0.3) is 10.8 Å². The van der Waals surface area contributed by atoms with E-state index in [2.05, 4.69) is 59.6 Å². The number of fused-ring (bicyclic) bond motifs is 1. The van der Waals surface area contributed by atoms with Gasteiger partial charge < -0.3 is 35.0 Å². The van der Waals surface area contributed by atoms with Gasteiger partial charge in [-0.25, -0.2) is 25.3 Å². The average molecular weight is 1010 g/mol. The van der Waals surface area contributed by atoms with Gasteiger partial charge >= 0.3 is 0 Å². The Morgan fingerprint density at radius 2 is 1.31 bits per heavy atom. The highest BCUT2D eigenvalue weighted by molar-refractivity contribution is 7.93. The maximum Gasteiger partial charge on any atom is 0.264 e. The van der Waals surface area contributed by atoms with Crippen molar-refractivity contribution in [3.63, 3.8) is 0 Å². The Balaban J connectivity index is 1.25. The van der Waals surface area contributed by atoms with Crippen molar-refractivity contribution in [2.24, 2.45) is 15.6 Å². The number of anilines is 4. The molecule has 22 heteroatoms. The molecule has 0 saturated carbocycles. The summed E-state index contributed by atoms with van der Waals surface area (Å²) < 4.78 is 102. The number of aryl methyl sites for hydroxylation is 1. The molecule has 6 N–H and O–H groups in total. The summed E-state index contributed by atoms with van der Waals surface area (Å²) in [4.78, 5) is 0.346. The van der Waals surface area contributed by atoms with Crippen LogP contribution in [0.15, 0.2) is 91.6 Å². The summed E-state index contributed by atoms with van der Waals surface area (Å²) in [5.74, 6) is -1.40. The predicted molar refractivity (Wildman–Crippen MR) is 263 cm³/mol. The molecule has 0 aliphatic carbocycles. The molecule has 2 aliphatic rings. The maximum atomic E-state index is 14.4. The van der Waals surface area contributed by atoms with Crippen molar-refractivity contribution >= 4 is 86.6 Å². The van der Waals surface area contributed by atoms with Gasteiger partial charge in [0.15, 0.2) is 0 Å². The van der Waals surface area contributed by atoms with Crippen LogP contribution in [0.3, 0.4) is 0 Å². The Morgan fingerprint density at radius 3 is 1.94 bits per heavy atom. The van der Waals surface area contributed by atoms with Crippen LogP contribution in [-0.2, 0) is 45.0 Å². The van der Waals surface area contributed by atoms with Crippen molar-refractivity contribution in [2.45, 2.75) is 68.1 Å². The lowest BCUT2D eigenvalue weighted by Gasteiger charge is -2.34. The van der Waals surface area contributed by atoms with Crippen LogP contribution in [0.2, 0.25) is 5.02 Å². The maximum absolute atomic E-state index is 14.4. The van der Waals surface area contributed by atoms with E-state index in [-0.39, 0.29) is 102 Å². The van der Waals surface area contributed by atoms with Crippen molar-refractivity contribution < 1.29 is 50.0 Å². The number of morpholine rings is 2. The largest absolute Gasteiger partial charge is 0.506 e. The van der Waals surface area contributed by atoms with Crippen LogP contribution in [0.5, 0.6) is 17.2 Å². The molecule has 18 nitrogen and oxygen atoms in total. The quantitative estimate of drug-likeness (QED) is 0.0451. The Labute approximate surface area is 402 Å². The van der Waals surface area contributed by atoms with Crippen LogP contribution in [0.1, 0.15) is 52.2 Å². The predicted octanol–water partition coefficient (Wildman–Crippen LogP) is 8.55. The Hall–Kier alpha value is -5.42. The molecule has 0 aromatic heterocycles. The van der Waals surface area contributed by atoms with Gasteiger partial charge in [-0.3, -0.25) is 9.44 Å². The molecule has 0 unspecified atom stereocenters. The fourth-order valence-corrected chi connectivity index (χ4v) is 13.3. The molecule has 0 spiro atoms. The minimum absolute atomic E-state index is 0.0310. The summed E-state index contributed by atoms with van der Waals surface area (Å²) in [6, 6.07) is 15.0. The van der Waals surface area contributed by atoms with E-state index in [1.807, 2.05) is 6.92 Å². The van der Waals surface area contributed by atoms with Gasteiger partial charge in [-0.2, -0.15) is 9.42 Å². The van der Waals surface area contributed by atoms with E-state index < -0.39 is 61.9 Å². The van der Waals surface area contributed by atoms with Gasteiger partial charge in [-0.05, 0) is 83.8 Å². The molecule has 0 amide bonds. The van der Waals surface area contributed by atoms with E-state index in [9.17, 15) is 40.6 Å². The molecule has 0 bridgehead atoms.